The first-order chi connectivity index (χ1) is 41.1. The van der Waals surface area contributed by atoms with Crippen molar-refractivity contribution in [3.8, 4) is 0 Å². The van der Waals surface area contributed by atoms with Crippen LogP contribution in [0.2, 0.25) is 15.1 Å². The molecule has 0 spiro atoms. The van der Waals surface area contributed by atoms with Gasteiger partial charge in [0, 0.05) is 218 Å². The van der Waals surface area contributed by atoms with Gasteiger partial charge in [0.2, 0.25) is 31.9 Å². The average Bonchev–Trinajstić information content (AvgIpc) is 1.98. The van der Waals surface area contributed by atoms with E-state index in [1.807, 2.05) is 91.8 Å². The van der Waals surface area contributed by atoms with Crippen LogP contribution in [0.15, 0.2) is 97.6 Å². The third-order valence-corrected chi connectivity index (χ3v) is 21.2. The Kier molecular flexibility index (Phi) is 18.6. The monoisotopic (exact) mass is 1280 g/mol. The van der Waals surface area contributed by atoms with Crippen LogP contribution in [-0.4, -0.2) is 181 Å². The van der Waals surface area contributed by atoms with Gasteiger partial charge in [-0.2, -0.15) is 8.61 Å². The number of carbonyl (C=O) groups excluding carboxylic acids is 2. The van der Waals surface area contributed by atoms with E-state index in [1.54, 1.807) is 22.5 Å². The van der Waals surface area contributed by atoms with E-state index in [-0.39, 0.29) is 41.5 Å². The standard InChI is InChI=1S/C17H22ClN3O.C16H20ClN3O.C16H21N3O2S.C15H20ClN3O2S/c1-12(22)21-8-7-20(11-17(21,2)3)16-10-13(18)9-15-14(16)5-6-19(15)4;1-10-8-19(9-11(2)20(10)12(3)21)16-7-13(17)6-15-14(16)4-5-18-15;1-22(20,21)19-8-6-18(7-9-19)16-11-13(12-2-3-12)10-15-14(16)4-5-17-15;1-10-8-18(9-11(2)19(10)22(3,20)21)15-7-12(16)6-14-13(15)4-5-17-14/h5-6,9-10H,7-8,11H2,1-4H3;4-7,10-11,18H,8-9H2,1-3H3;4-5,10-12,17H,2-3,6-9H2,1H3;4-7,10-11,17H,8-9H2,1-3H3/t;10-,11-;;10-,11-/m.1.1/s1. The minimum Gasteiger partial charge on any atom is -0.368 e. The lowest BCUT2D eigenvalue weighted by atomic mass is 9.97. The van der Waals surface area contributed by atoms with Crippen molar-refractivity contribution in [3.63, 3.8) is 0 Å². The molecule has 2 amide bonds. The van der Waals surface area contributed by atoms with Crippen molar-refractivity contribution in [2.24, 2.45) is 7.05 Å². The summed E-state index contributed by atoms with van der Waals surface area (Å²) in [6, 6.07) is 25.0. The van der Waals surface area contributed by atoms with Crippen LogP contribution < -0.4 is 19.6 Å². The molecule has 8 aromatic rings. The van der Waals surface area contributed by atoms with Gasteiger partial charge in [-0.05, 0) is 139 Å². The molecule has 1 saturated carbocycles. The maximum Gasteiger partial charge on any atom is 0.220 e. The first kappa shape index (κ1) is 63.9. The zero-order valence-electron chi connectivity index (χ0n) is 51.7. The Morgan fingerprint density at radius 3 is 1.43 bits per heavy atom. The number of halogens is 3. The number of sulfonamides is 2. The largest absolute Gasteiger partial charge is 0.368 e. The highest BCUT2D eigenvalue weighted by Gasteiger charge is 2.38. The van der Waals surface area contributed by atoms with E-state index in [0.29, 0.717) is 37.1 Å². The number of nitrogens with one attached hydrogen (secondary N) is 3. The molecule has 23 heteroatoms. The lowest BCUT2D eigenvalue weighted by molar-refractivity contribution is -0.135. The number of hydrogen-bond donors (Lipinski definition) is 3. The van der Waals surface area contributed by atoms with Gasteiger partial charge < -0.3 is 48.9 Å². The SMILES string of the molecule is CC(=O)N1CCN(c2cc(Cl)cc3c2ccn3C)CC1(C)C.CC(=O)N1[C@H](C)CN(c2cc(Cl)cc3[nH]ccc23)C[C@H]1C.CS(=O)(=O)N1CCN(c2cc(C3CC3)cc3[nH]ccc23)CC1.C[C@@H]1CN(c2cc(Cl)cc3[nH]ccc23)C[C@@H](C)N1S(C)(=O)=O. The zero-order chi connectivity index (χ0) is 62.6. The number of carbonyl (C=O) groups is 2. The predicted molar refractivity (Wildman–Crippen MR) is 359 cm³/mol. The number of benzene rings is 4. The molecule has 18 nitrogen and oxygen atoms in total. The van der Waals surface area contributed by atoms with Crippen molar-refractivity contribution in [2.75, 3.05) is 104 Å². The molecule has 1 aliphatic carbocycles. The maximum absolute atomic E-state index is 12.0. The molecule has 468 valence electrons. The molecule has 0 radical (unpaired) electrons. The fourth-order valence-corrected chi connectivity index (χ4v) is 16.8. The molecule has 0 bridgehead atoms. The molecule has 0 unspecified atom stereocenters. The van der Waals surface area contributed by atoms with E-state index >= 15 is 0 Å². The Balaban J connectivity index is 0.000000128. The van der Waals surface area contributed by atoms with Crippen LogP contribution in [0.1, 0.15) is 79.7 Å². The minimum absolute atomic E-state index is 0.0771. The molecular formula is C64H83Cl3N12O6S2. The number of aryl methyl sites for hydroxylation is 1. The van der Waals surface area contributed by atoms with Gasteiger partial charge in [0.1, 0.15) is 0 Å². The molecular weight excluding hydrogens is 1200 g/mol. The number of H-pyrrole nitrogens is 3. The number of hydrogen-bond acceptors (Lipinski definition) is 10. The summed E-state index contributed by atoms with van der Waals surface area (Å²) in [7, 11) is -4.24. The van der Waals surface area contributed by atoms with Crippen molar-refractivity contribution in [1.82, 2.24) is 37.9 Å². The second-order valence-corrected chi connectivity index (χ2v) is 30.2. The van der Waals surface area contributed by atoms with Crippen LogP contribution in [0, 0.1) is 0 Å². The molecule has 4 aromatic carbocycles. The molecule has 8 heterocycles. The highest BCUT2D eigenvalue weighted by atomic mass is 35.5. The number of aromatic amines is 3. The highest BCUT2D eigenvalue weighted by Crippen LogP contribution is 2.44. The van der Waals surface area contributed by atoms with E-state index in [1.165, 1.54) is 58.3 Å². The predicted octanol–water partition coefficient (Wildman–Crippen LogP) is 11.4. The van der Waals surface area contributed by atoms with Crippen molar-refractivity contribution in [1.29, 1.82) is 0 Å². The first-order valence-electron chi connectivity index (χ1n) is 30.0. The second kappa shape index (κ2) is 25.4. The molecule has 4 atom stereocenters. The summed E-state index contributed by atoms with van der Waals surface area (Å²) in [6.45, 7) is 23.6. The molecule has 4 aliphatic heterocycles. The summed E-state index contributed by atoms with van der Waals surface area (Å²) in [4.78, 5) is 46.4. The summed E-state index contributed by atoms with van der Waals surface area (Å²) in [6.07, 6.45) is 13.0. The number of nitrogens with zero attached hydrogens (tertiary/aromatic N) is 9. The molecule has 3 N–H and O–H groups in total. The van der Waals surface area contributed by atoms with Gasteiger partial charge in [0.15, 0.2) is 0 Å². The summed E-state index contributed by atoms with van der Waals surface area (Å²) < 4.78 is 52.5. The average molecular weight is 1290 g/mol. The van der Waals surface area contributed by atoms with Gasteiger partial charge >= 0.3 is 0 Å². The summed E-state index contributed by atoms with van der Waals surface area (Å²) in [5.41, 5.74) is 10.2. The Hall–Kier alpha value is -6.13. The van der Waals surface area contributed by atoms with E-state index in [2.05, 4.69) is 103 Å². The van der Waals surface area contributed by atoms with Gasteiger partial charge in [-0.15, -0.1) is 0 Å². The number of rotatable bonds is 7. The number of fused-ring (bicyclic) bond motifs is 4. The van der Waals surface area contributed by atoms with Crippen LogP contribution in [0.3, 0.4) is 0 Å². The van der Waals surface area contributed by atoms with Crippen LogP contribution in [0.5, 0.6) is 0 Å². The van der Waals surface area contributed by atoms with Crippen LogP contribution in [-0.2, 0) is 36.7 Å². The smallest absolute Gasteiger partial charge is 0.220 e. The lowest BCUT2D eigenvalue weighted by Crippen LogP contribution is -2.60. The topological polar surface area (TPSA) is 181 Å². The number of anilines is 4. The summed E-state index contributed by atoms with van der Waals surface area (Å²) >= 11 is 18.8. The summed E-state index contributed by atoms with van der Waals surface area (Å²) in [5, 5.41) is 6.88. The Labute approximate surface area is 527 Å². The third kappa shape index (κ3) is 14.0. The van der Waals surface area contributed by atoms with Crippen LogP contribution in [0.25, 0.3) is 43.6 Å². The van der Waals surface area contributed by atoms with Gasteiger partial charge in [0.05, 0.1) is 23.6 Å². The van der Waals surface area contributed by atoms with Crippen molar-refractivity contribution in [3.05, 3.63) is 118 Å². The van der Waals surface area contributed by atoms with E-state index in [0.717, 1.165) is 94.9 Å². The Bertz CT molecular complexity index is 4030. The normalized spacial score (nSPS) is 21.4. The minimum atomic E-state index is -3.20. The molecule has 4 aromatic heterocycles. The molecule has 87 heavy (non-hydrogen) atoms. The quantitative estimate of drug-likeness (QED) is 0.139. The van der Waals surface area contributed by atoms with Crippen LogP contribution >= 0.6 is 34.8 Å². The van der Waals surface area contributed by atoms with Crippen molar-refractivity contribution in [2.45, 2.75) is 104 Å². The maximum atomic E-state index is 12.0. The fraction of sp³-hybridized carbons (Fsp3) is 0.469. The van der Waals surface area contributed by atoms with Crippen molar-refractivity contribution < 1.29 is 26.4 Å². The van der Waals surface area contributed by atoms with Crippen molar-refractivity contribution >= 4 is 133 Å². The number of amides is 2. The first-order valence-corrected chi connectivity index (χ1v) is 34.8. The van der Waals surface area contributed by atoms with Gasteiger partial charge in [0.25, 0.3) is 0 Å². The van der Waals surface area contributed by atoms with Gasteiger partial charge in [-0.1, -0.05) is 34.8 Å². The number of aromatic nitrogens is 4. The van der Waals surface area contributed by atoms with E-state index in [4.69, 9.17) is 34.8 Å². The highest BCUT2D eigenvalue weighted by molar-refractivity contribution is 7.88. The van der Waals surface area contributed by atoms with E-state index < -0.39 is 20.0 Å². The van der Waals surface area contributed by atoms with Crippen LogP contribution in [0.4, 0.5) is 22.7 Å². The van der Waals surface area contributed by atoms with Gasteiger partial charge in [-0.25, -0.2) is 16.8 Å². The summed E-state index contributed by atoms with van der Waals surface area (Å²) in [5.74, 6) is 0.997. The third-order valence-electron chi connectivity index (χ3n) is 17.7. The van der Waals surface area contributed by atoms with Gasteiger partial charge in [-0.3, -0.25) is 9.59 Å². The molecule has 13 rings (SSSR count). The molecule has 4 saturated heterocycles. The zero-order valence-corrected chi connectivity index (χ0v) is 55.6. The van der Waals surface area contributed by atoms with E-state index in [9.17, 15) is 26.4 Å². The molecule has 5 aliphatic rings. The second-order valence-electron chi connectivity index (χ2n) is 25.0. The number of piperazine rings is 4. The lowest BCUT2D eigenvalue weighted by Gasteiger charge is -2.47. The fourth-order valence-electron chi connectivity index (χ4n) is 13.9. The Morgan fingerprint density at radius 2 is 0.977 bits per heavy atom. The Morgan fingerprint density at radius 1 is 0.529 bits per heavy atom. The molecule has 5 fully saturated rings.